The van der Waals surface area contributed by atoms with Crippen LogP contribution in [-0.2, 0) is 14.4 Å². The maximum Gasteiger partial charge on any atom is 0.326 e. The van der Waals surface area contributed by atoms with Crippen molar-refractivity contribution in [2.45, 2.75) is 39.7 Å². The fourth-order valence-corrected chi connectivity index (χ4v) is 2.39. The Morgan fingerprint density at radius 1 is 1.29 bits per heavy atom. The quantitative estimate of drug-likeness (QED) is 0.909. The molecule has 1 heterocycles. The normalized spacial score (nSPS) is 15.8. The summed E-state index contributed by atoms with van der Waals surface area (Å²) in [5.41, 5.74) is 2.68. The third kappa shape index (κ3) is 3.45. The molecule has 1 atom stereocenters. The summed E-state index contributed by atoms with van der Waals surface area (Å²) in [4.78, 5) is 36.9. The van der Waals surface area contributed by atoms with E-state index in [1.54, 1.807) is 0 Å². The summed E-state index contributed by atoms with van der Waals surface area (Å²) >= 11 is 0. The van der Waals surface area contributed by atoms with Gasteiger partial charge in [0.1, 0.15) is 11.8 Å². The number of hydrogen-bond acceptors (Lipinski definition) is 4. The molecule has 1 aromatic rings. The molecule has 0 bridgehead atoms. The van der Waals surface area contributed by atoms with E-state index >= 15 is 0 Å². The summed E-state index contributed by atoms with van der Waals surface area (Å²) in [6.07, 6.45) is 0.364. The molecule has 0 saturated carbocycles. The van der Waals surface area contributed by atoms with Gasteiger partial charge in [-0.25, -0.2) is 9.80 Å². The Balaban J connectivity index is 2.35. The highest BCUT2D eigenvalue weighted by Crippen LogP contribution is 2.25. The molecule has 7 heteroatoms. The number of anilines is 1. The number of carbonyl (C=O) groups excluding carboxylic acids is 2. The van der Waals surface area contributed by atoms with Crippen molar-refractivity contribution in [1.29, 1.82) is 0 Å². The van der Waals surface area contributed by atoms with Crippen molar-refractivity contribution >= 4 is 29.2 Å². The number of hydrazone groups is 1. The van der Waals surface area contributed by atoms with E-state index in [1.807, 2.05) is 32.0 Å². The van der Waals surface area contributed by atoms with E-state index in [1.165, 1.54) is 19.0 Å². The van der Waals surface area contributed by atoms with Gasteiger partial charge in [-0.1, -0.05) is 12.1 Å². The average molecular weight is 331 g/mol. The molecule has 0 aliphatic carbocycles. The van der Waals surface area contributed by atoms with E-state index in [9.17, 15) is 14.4 Å². The van der Waals surface area contributed by atoms with Crippen molar-refractivity contribution in [3.8, 4) is 0 Å². The highest BCUT2D eigenvalue weighted by Gasteiger charge is 2.30. The van der Waals surface area contributed by atoms with Crippen LogP contribution >= 0.6 is 0 Å². The third-order valence-electron chi connectivity index (χ3n) is 4.13. The van der Waals surface area contributed by atoms with Crippen LogP contribution in [0.2, 0.25) is 0 Å². The number of aryl methyl sites for hydroxylation is 2. The van der Waals surface area contributed by atoms with Crippen LogP contribution in [0.5, 0.6) is 0 Å². The number of nitrogens with zero attached hydrogens (tertiary/aromatic N) is 3. The number of carbonyl (C=O) groups is 3. The van der Waals surface area contributed by atoms with Gasteiger partial charge in [0.15, 0.2) is 0 Å². The van der Waals surface area contributed by atoms with Crippen molar-refractivity contribution in [2.75, 3.05) is 12.1 Å². The van der Waals surface area contributed by atoms with E-state index in [0.717, 1.165) is 16.0 Å². The second-order valence-electron chi connectivity index (χ2n) is 5.97. The van der Waals surface area contributed by atoms with Crippen LogP contribution in [-0.4, -0.2) is 46.6 Å². The molecule has 7 nitrogen and oxygen atoms in total. The number of aliphatic carboxylic acids is 1. The second kappa shape index (κ2) is 6.82. The van der Waals surface area contributed by atoms with Gasteiger partial charge in [-0.15, -0.1) is 0 Å². The van der Waals surface area contributed by atoms with Crippen LogP contribution in [0.4, 0.5) is 5.69 Å². The first-order chi connectivity index (χ1) is 11.2. The van der Waals surface area contributed by atoms with Gasteiger partial charge in [0.05, 0.1) is 5.69 Å². The Kier molecular flexibility index (Phi) is 5.02. The van der Waals surface area contributed by atoms with Crippen LogP contribution in [0.25, 0.3) is 0 Å². The lowest BCUT2D eigenvalue weighted by Gasteiger charge is -2.27. The zero-order valence-electron chi connectivity index (χ0n) is 14.2. The standard InChI is InChI=1S/C17H21N3O4/c1-10-5-6-11(2)14(9-10)20-15(21)8-7-13(18-20)16(22)19(4)12(3)17(23)24/h5-6,9,12H,7-8H2,1-4H3,(H,23,24). The molecular weight excluding hydrogens is 310 g/mol. The molecule has 1 aliphatic rings. The minimum absolute atomic E-state index is 0.160. The third-order valence-corrected chi connectivity index (χ3v) is 4.13. The van der Waals surface area contributed by atoms with Crippen molar-refractivity contribution in [3.05, 3.63) is 29.3 Å². The summed E-state index contributed by atoms with van der Waals surface area (Å²) in [5, 5.41) is 14.5. The predicted octanol–water partition coefficient (Wildman–Crippen LogP) is 1.72. The van der Waals surface area contributed by atoms with Gasteiger partial charge in [0.25, 0.3) is 5.91 Å². The first-order valence-corrected chi connectivity index (χ1v) is 7.70. The van der Waals surface area contributed by atoms with Crippen LogP contribution in [0, 0.1) is 13.8 Å². The van der Waals surface area contributed by atoms with Gasteiger partial charge in [0.2, 0.25) is 5.91 Å². The Morgan fingerprint density at radius 2 is 1.96 bits per heavy atom. The molecule has 1 aliphatic heterocycles. The van der Waals surface area contributed by atoms with Gasteiger partial charge in [-0.3, -0.25) is 9.59 Å². The van der Waals surface area contributed by atoms with Gasteiger partial charge in [-0.2, -0.15) is 5.10 Å². The minimum Gasteiger partial charge on any atom is -0.480 e. The zero-order chi connectivity index (χ0) is 18.0. The molecule has 24 heavy (non-hydrogen) atoms. The molecule has 128 valence electrons. The smallest absolute Gasteiger partial charge is 0.326 e. The molecule has 0 aromatic heterocycles. The van der Waals surface area contributed by atoms with Crippen LogP contribution < -0.4 is 5.01 Å². The Morgan fingerprint density at radius 3 is 2.58 bits per heavy atom. The molecule has 2 amide bonds. The van der Waals surface area contributed by atoms with Crippen molar-refractivity contribution < 1.29 is 19.5 Å². The highest BCUT2D eigenvalue weighted by molar-refractivity contribution is 6.40. The summed E-state index contributed by atoms with van der Waals surface area (Å²) in [6.45, 7) is 5.21. The SMILES string of the molecule is Cc1ccc(C)c(N2N=C(C(=O)N(C)C(C)C(=O)O)CCC2=O)c1. The van der Waals surface area contributed by atoms with Crippen LogP contribution in [0.15, 0.2) is 23.3 Å². The van der Waals surface area contributed by atoms with Crippen molar-refractivity contribution in [3.63, 3.8) is 0 Å². The maximum atomic E-state index is 12.5. The zero-order valence-corrected chi connectivity index (χ0v) is 14.2. The summed E-state index contributed by atoms with van der Waals surface area (Å²) in [7, 11) is 1.42. The van der Waals surface area contributed by atoms with E-state index in [-0.39, 0.29) is 24.5 Å². The van der Waals surface area contributed by atoms with Gasteiger partial charge in [0, 0.05) is 19.9 Å². The Bertz CT molecular complexity index is 727. The molecule has 1 unspecified atom stereocenters. The number of carboxylic acid groups (broad SMARTS) is 1. The number of amides is 2. The largest absolute Gasteiger partial charge is 0.480 e. The molecule has 0 radical (unpaired) electrons. The molecule has 2 rings (SSSR count). The number of rotatable bonds is 4. The summed E-state index contributed by atoms with van der Waals surface area (Å²) in [6, 6.07) is 4.70. The van der Waals surface area contributed by atoms with E-state index < -0.39 is 17.9 Å². The van der Waals surface area contributed by atoms with Gasteiger partial charge < -0.3 is 10.0 Å². The van der Waals surface area contributed by atoms with Crippen molar-refractivity contribution in [1.82, 2.24) is 4.90 Å². The van der Waals surface area contributed by atoms with E-state index in [4.69, 9.17) is 5.11 Å². The molecule has 1 aromatic carbocycles. The van der Waals surface area contributed by atoms with Crippen LogP contribution in [0.3, 0.4) is 0 Å². The van der Waals surface area contributed by atoms with Crippen molar-refractivity contribution in [2.24, 2.45) is 5.10 Å². The number of benzene rings is 1. The monoisotopic (exact) mass is 331 g/mol. The summed E-state index contributed by atoms with van der Waals surface area (Å²) < 4.78 is 0. The summed E-state index contributed by atoms with van der Waals surface area (Å²) in [5.74, 6) is -1.76. The number of likely N-dealkylation sites (N-methyl/N-ethyl adjacent to an activating group) is 1. The average Bonchev–Trinajstić information content (AvgIpc) is 2.55. The lowest BCUT2D eigenvalue weighted by Crippen LogP contribution is -2.46. The first-order valence-electron chi connectivity index (χ1n) is 7.70. The number of hydrogen-bond donors (Lipinski definition) is 1. The molecule has 1 N–H and O–H groups in total. The Labute approximate surface area is 140 Å². The Hall–Kier alpha value is -2.70. The molecular formula is C17H21N3O4. The van der Waals surface area contributed by atoms with Crippen LogP contribution in [0.1, 0.15) is 30.9 Å². The first kappa shape index (κ1) is 17.7. The highest BCUT2D eigenvalue weighted by atomic mass is 16.4. The predicted molar refractivity (Wildman–Crippen MR) is 89.9 cm³/mol. The molecule has 0 spiro atoms. The number of carboxylic acids is 1. The molecule has 0 fully saturated rings. The maximum absolute atomic E-state index is 12.5. The van der Waals surface area contributed by atoms with Gasteiger partial charge >= 0.3 is 5.97 Å². The van der Waals surface area contributed by atoms with Gasteiger partial charge in [-0.05, 0) is 38.0 Å². The van der Waals surface area contributed by atoms with E-state index in [2.05, 4.69) is 5.10 Å². The topological polar surface area (TPSA) is 90.3 Å². The fourth-order valence-electron chi connectivity index (χ4n) is 2.39. The lowest BCUT2D eigenvalue weighted by atomic mass is 10.1. The van der Waals surface area contributed by atoms with E-state index in [0.29, 0.717) is 5.69 Å². The minimum atomic E-state index is -1.09. The second-order valence-corrected chi connectivity index (χ2v) is 5.97. The molecule has 0 saturated heterocycles. The lowest BCUT2D eigenvalue weighted by molar-refractivity contribution is -0.146. The fraction of sp³-hybridized carbons (Fsp3) is 0.412.